The van der Waals surface area contributed by atoms with Gasteiger partial charge >= 0.3 is 5.97 Å². The van der Waals surface area contributed by atoms with Gasteiger partial charge in [-0.3, -0.25) is 9.59 Å². The van der Waals surface area contributed by atoms with Crippen molar-refractivity contribution in [1.82, 2.24) is 14.7 Å². The summed E-state index contributed by atoms with van der Waals surface area (Å²) in [5.74, 6) is -1.24. The van der Waals surface area contributed by atoms with E-state index in [0.717, 1.165) is 17.1 Å². The van der Waals surface area contributed by atoms with Crippen molar-refractivity contribution in [3.8, 4) is 5.69 Å². The van der Waals surface area contributed by atoms with Crippen molar-refractivity contribution < 1.29 is 14.7 Å². The maximum absolute atomic E-state index is 12.7. The van der Waals surface area contributed by atoms with Crippen LogP contribution in [0.4, 0.5) is 0 Å². The lowest BCUT2D eigenvalue weighted by Crippen LogP contribution is -2.45. The van der Waals surface area contributed by atoms with Crippen LogP contribution in [0.3, 0.4) is 0 Å². The first-order valence-electron chi connectivity index (χ1n) is 8.51. The van der Waals surface area contributed by atoms with E-state index in [1.807, 2.05) is 43.7 Å². The fourth-order valence-electron chi connectivity index (χ4n) is 3.51. The summed E-state index contributed by atoms with van der Waals surface area (Å²) >= 11 is 0. The average Bonchev–Trinajstić information content (AvgIpc) is 2.92. The Morgan fingerprint density at radius 2 is 1.84 bits per heavy atom. The van der Waals surface area contributed by atoms with Gasteiger partial charge in [-0.2, -0.15) is 5.10 Å². The van der Waals surface area contributed by atoms with E-state index in [-0.39, 0.29) is 18.4 Å². The first-order valence-corrected chi connectivity index (χ1v) is 8.51. The molecular weight excluding hydrogens is 318 g/mol. The molecule has 2 aromatic rings. The molecule has 0 aliphatic carbocycles. The molecule has 132 valence electrons. The number of carboxylic acids is 1. The quantitative estimate of drug-likeness (QED) is 0.931. The Balaban J connectivity index is 1.78. The third-order valence-corrected chi connectivity index (χ3v) is 4.66. The maximum atomic E-state index is 12.7. The smallest absolute Gasteiger partial charge is 0.308 e. The molecule has 0 saturated carbocycles. The lowest BCUT2D eigenvalue weighted by Gasteiger charge is -2.34. The van der Waals surface area contributed by atoms with E-state index in [2.05, 4.69) is 5.10 Å². The van der Waals surface area contributed by atoms with Crippen LogP contribution in [-0.2, 0) is 4.79 Å². The van der Waals surface area contributed by atoms with Gasteiger partial charge in [0.2, 0.25) is 0 Å². The van der Waals surface area contributed by atoms with Crippen molar-refractivity contribution in [2.45, 2.75) is 27.2 Å². The number of hydrogen-bond acceptors (Lipinski definition) is 3. The molecule has 1 N–H and O–H groups in total. The highest BCUT2D eigenvalue weighted by atomic mass is 16.4. The standard InChI is InChI=1S/C19H23N3O3/c1-12-8-16(19(24)25)11-21(10-12)18(23)15-4-6-17(7-5-15)22-14(3)9-13(2)20-22/h4-7,9,12,16H,8,10-11H2,1-3H3,(H,24,25). The third kappa shape index (κ3) is 3.57. The minimum absolute atomic E-state index is 0.113. The number of aromatic nitrogens is 2. The van der Waals surface area contributed by atoms with Crippen LogP contribution in [-0.4, -0.2) is 44.8 Å². The molecule has 2 heterocycles. The Labute approximate surface area is 147 Å². The topological polar surface area (TPSA) is 75.4 Å². The van der Waals surface area contributed by atoms with E-state index >= 15 is 0 Å². The highest BCUT2D eigenvalue weighted by Gasteiger charge is 2.32. The molecule has 3 rings (SSSR count). The Hall–Kier alpha value is -2.63. The fraction of sp³-hybridized carbons (Fsp3) is 0.421. The molecule has 0 bridgehead atoms. The van der Waals surface area contributed by atoms with Gasteiger partial charge in [0.1, 0.15) is 0 Å². The second-order valence-electron chi connectivity index (χ2n) is 6.97. The Bertz CT molecular complexity index is 795. The van der Waals surface area contributed by atoms with Gasteiger partial charge in [-0.05, 0) is 56.5 Å². The van der Waals surface area contributed by atoms with E-state index in [1.165, 1.54) is 0 Å². The van der Waals surface area contributed by atoms with E-state index in [9.17, 15) is 14.7 Å². The second-order valence-corrected chi connectivity index (χ2v) is 6.97. The van der Waals surface area contributed by atoms with E-state index < -0.39 is 11.9 Å². The minimum atomic E-state index is -0.829. The molecule has 1 fully saturated rings. The fourth-order valence-corrected chi connectivity index (χ4v) is 3.51. The summed E-state index contributed by atoms with van der Waals surface area (Å²) < 4.78 is 1.84. The van der Waals surface area contributed by atoms with Crippen LogP contribution in [0.25, 0.3) is 5.69 Å². The van der Waals surface area contributed by atoms with Gasteiger partial charge in [-0.25, -0.2) is 4.68 Å². The zero-order valence-electron chi connectivity index (χ0n) is 14.8. The number of carbonyl (C=O) groups excluding carboxylic acids is 1. The van der Waals surface area contributed by atoms with Gasteiger partial charge in [-0.1, -0.05) is 6.92 Å². The number of hydrogen-bond donors (Lipinski definition) is 1. The number of carbonyl (C=O) groups is 2. The average molecular weight is 341 g/mol. The normalized spacial score (nSPS) is 20.5. The van der Waals surface area contributed by atoms with Crippen molar-refractivity contribution in [3.05, 3.63) is 47.3 Å². The Kier molecular flexibility index (Phi) is 4.61. The Morgan fingerprint density at radius 3 is 2.40 bits per heavy atom. The van der Waals surface area contributed by atoms with Crippen LogP contribution in [0.2, 0.25) is 0 Å². The van der Waals surface area contributed by atoms with E-state index in [0.29, 0.717) is 18.5 Å². The number of likely N-dealkylation sites (tertiary alicyclic amines) is 1. The zero-order chi connectivity index (χ0) is 18.1. The van der Waals surface area contributed by atoms with Crippen LogP contribution in [0.15, 0.2) is 30.3 Å². The van der Waals surface area contributed by atoms with E-state index in [4.69, 9.17) is 0 Å². The number of piperidine rings is 1. The first-order chi connectivity index (χ1) is 11.8. The lowest BCUT2D eigenvalue weighted by molar-refractivity contribution is -0.143. The molecular formula is C19H23N3O3. The second kappa shape index (κ2) is 6.70. The number of carboxylic acid groups (broad SMARTS) is 1. The molecule has 0 radical (unpaired) electrons. The van der Waals surface area contributed by atoms with Crippen LogP contribution in [0, 0.1) is 25.7 Å². The summed E-state index contributed by atoms with van der Waals surface area (Å²) in [5, 5.41) is 13.7. The summed E-state index contributed by atoms with van der Waals surface area (Å²) in [5.41, 5.74) is 3.45. The van der Waals surface area contributed by atoms with Crippen LogP contribution in [0.5, 0.6) is 0 Å². The molecule has 6 nitrogen and oxygen atoms in total. The molecule has 1 aliphatic rings. The molecule has 25 heavy (non-hydrogen) atoms. The van der Waals surface area contributed by atoms with Crippen molar-refractivity contribution in [2.75, 3.05) is 13.1 Å². The largest absolute Gasteiger partial charge is 0.481 e. The highest BCUT2D eigenvalue weighted by molar-refractivity contribution is 5.94. The number of aliphatic carboxylic acids is 1. The van der Waals surface area contributed by atoms with Crippen molar-refractivity contribution in [1.29, 1.82) is 0 Å². The summed E-state index contributed by atoms with van der Waals surface area (Å²) in [7, 11) is 0. The Morgan fingerprint density at radius 1 is 1.16 bits per heavy atom. The molecule has 2 atom stereocenters. The highest BCUT2D eigenvalue weighted by Crippen LogP contribution is 2.23. The lowest BCUT2D eigenvalue weighted by atomic mass is 9.90. The van der Waals surface area contributed by atoms with Crippen molar-refractivity contribution in [2.24, 2.45) is 11.8 Å². The van der Waals surface area contributed by atoms with Gasteiger partial charge in [0, 0.05) is 24.3 Å². The minimum Gasteiger partial charge on any atom is -0.481 e. The number of nitrogens with zero attached hydrogens (tertiary/aromatic N) is 3. The molecule has 6 heteroatoms. The molecule has 1 aliphatic heterocycles. The van der Waals surface area contributed by atoms with Gasteiger partial charge in [0.25, 0.3) is 5.91 Å². The monoisotopic (exact) mass is 341 g/mol. The first kappa shape index (κ1) is 17.2. The summed E-state index contributed by atoms with van der Waals surface area (Å²) in [6.07, 6.45) is 0.621. The summed E-state index contributed by atoms with van der Waals surface area (Å²) in [6.45, 7) is 6.79. The maximum Gasteiger partial charge on any atom is 0.308 e. The number of rotatable bonds is 3. The number of benzene rings is 1. The third-order valence-electron chi connectivity index (χ3n) is 4.66. The van der Waals surface area contributed by atoms with Gasteiger partial charge in [0.05, 0.1) is 17.3 Å². The van der Waals surface area contributed by atoms with Crippen LogP contribution >= 0.6 is 0 Å². The molecule has 0 spiro atoms. The molecule has 2 unspecified atom stereocenters. The molecule has 1 aromatic carbocycles. The van der Waals surface area contributed by atoms with Gasteiger partial charge in [-0.15, -0.1) is 0 Å². The van der Waals surface area contributed by atoms with Crippen LogP contribution < -0.4 is 0 Å². The van der Waals surface area contributed by atoms with E-state index in [1.54, 1.807) is 17.0 Å². The molecule has 1 amide bonds. The van der Waals surface area contributed by atoms with Crippen molar-refractivity contribution in [3.63, 3.8) is 0 Å². The van der Waals surface area contributed by atoms with Gasteiger partial charge < -0.3 is 10.0 Å². The predicted molar refractivity (Wildman–Crippen MR) is 93.8 cm³/mol. The zero-order valence-corrected chi connectivity index (χ0v) is 14.8. The van der Waals surface area contributed by atoms with Gasteiger partial charge in [0.15, 0.2) is 0 Å². The molecule has 1 aromatic heterocycles. The number of aryl methyl sites for hydroxylation is 2. The SMILES string of the molecule is Cc1cc(C)n(-c2ccc(C(=O)N3CC(C)CC(C(=O)O)C3)cc2)n1. The summed E-state index contributed by atoms with van der Waals surface area (Å²) in [4.78, 5) is 25.7. The summed E-state index contributed by atoms with van der Waals surface area (Å²) in [6, 6.07) is 9.30. The number of amides is 1. The van der Waals surface area contributed by atoms with Crippen LogP contribution in [0.1, 0.15) is 35.1 Å². The molecule has 1 saturated heterocycles. The van der Waals surface area contributed by atoms with Crippen molar-refractivity contribution >= 4 is 11.9 Å². The predicted octanol–water partition coefficient (Wildman–Crippen LogP) is 2.67.